The van der Waals surface area contributed by atoms with Gasteiger partial charge in [-0.1, -0.05) is 30.3 Å². The topological polar surface area (TPSA) is 86.9 Å². The van der Waals surface area contributed by atoms with E-state index in [9.17, 15) is 14.4 Å². The minimum Gasteiger partial charge on any atom is -0.368 e. The molecule has 0 aromatic heterocycles. The third kappa shape index (κ3) is 4.29. The largest absolute Gasteiger partial charge is 0.368 e. The van der Waals surface area contributed by atoms with Crippen LogP contribution in [0.3, 0.4) is 0 Å². The number of primary amides is 1. The zero-order chi connectivity index (χ0) is 21.2. The Morgan fingerprint density at radius 1 is 1.07 bits per heavy atom. The van der Waals surface area contributed by atoms with E-state index in [-0.39, 0.29) is 35.9 Å². The molecule has 1 saturated heterocycles. The first-order valence-corrected chi connectivity index (χ1v) is 10.2. The van der Waals surface area contributed by atoms with E-state index in [0.29, 0.717) is 13.0 Å². The van der Waals surface area contributed by atoms with E-state index < -0.39 is 5.91 Å². The lowest BCUT2D eigenvalue weighted by molar-refractivity contribution is -0.139. The van der Waals surface area contributed by atoms with Gasteiger partial charge in [0.05, 0.1) is 13.1 Å². The first kappa shape index (κ1) is 21.3. The molecule has 3 amide bonds. The van der Waals surface area contributed by atoms with Gasteiger partial charge in [-0.25, -0.2) is 0 Å². The van der Waals surface area contributed by atoms with Crippen molar-refractivity contribution in [1.82, 2.24) is 14.7 Å². The number of carbonyl (C=O) groups is 3. The molecule has 1 saturated carbocycles. The summed E-state index contributed by atoms with van der Waals surface area (Å²) in [6.45, 7) is 0.497. The van der Waals surface area contributed by atoms with Gasteiger partial charge in [-0.3, -0.25) is 19.3 Å². The maximum absolute atomic E-state index is 12.6. The lowest BCUT2D eigenvalue weighted by atomic mass is 9.64. The first-order valence-electron chi connectivity index (χ1n) is 10.2. The van der Waals surface area contributed by atoms with Crippen LogP contribution in [0.1, 0.15) is 37.7 Å². The molecule has 3 rings (SSSR count). The molecular weight excluding hydrogens is 368 g/mol. The highest BCUT2D eigenvalue weighted by Gasteiger charge is 2.50. The fourth-order valence-electron chi connectivity index (χ4n) is 5.00. The number of amides is 3. The SMILES string of the molecule is CN(CC(N)=O)C(=O)CN1C[C@]2(CC[C@](c3ccccc3)(N(C)C)CC2)CC1=O. The number of carbonyl (C=O) groups excluding carboxylic acids is 3. The quantitative estimate of drug-likeness (QED) is 0.777. The molecule has 0 radical (unpaired) electrons. The molecule has 1 spiro atoms. The van der Waals surface area contributed by atoms with Gasteiger partial charge in [0.25, 0.3) is 0 Å². The molecule has 2 N–H and O–H groups in total. The second kappa shape index (κ2) is 8.14. The second-order valence-electron chi connectivity index (χ2n) is 8.93. The van der Waals surface area contributed by atoms with Crippen LogP contribution in [0.2, 0.25) is 0 Å². The molecule has 7 nitrogen and oxygen atoms in total. The summed E-state index contributed by atoms with van der Waals surface area (Å²) in [5.74, 6) is -0.780. The number of hydrogen-bond acceptors (Lipinski definition) is 4. The Kier molecular flexibility index (Phi) is 5.98. The second-order valence-corrected chi connectivity index (χ2v) is 8.93. The maximum Gasteiger partial charge on any atom is 0.242 e. The number of rotatable bonds is 6. The minimum absolute atomic E-state index is 0.0134. The fourth-order valence-corrected chi connectivity index (χ4v) is 5.00. The lowest BCUT2D eigenvalue weighted by Gasteiger charge is -2.48. The molecular formula is C22H32N4O3. The molecule has 2 fully saturated rings. The first-order chi connectivity index (χ1) is 13.7. The van der Waals surface area contributed by atoms with E-state index in [0.717, 1.165) is 25.7 Å². The van der Waals surface area contributed by atoms with Crippen molar-refractivity contribution in [3.05, 3.63) is 35.9 Å². The highest BCUT2D eigenvalue weighted by molar-refractivity contribution is 5.88. The number of likely N-dealkylation sites (tertiary alicyclic amines) is 1. The molecule has 0 atom stereocenters. The van der Waals surface area contributed by atoms with Crippen molar-refractivity contribution in [2.24, 2.45) is 11.1 Å². The van der Waals surface area contributed by atoms with Crippen molar-refractivity contribution in [2.75, 3.05) is 40.8 Å². The Morgan fingerprint density at radius 3 is 2.24 bits per heavy atom. The molecule has 7 heteroatoms. The van der Waals surface area contributed by atoms with Crippen molar-refractivity contribution < 1.29 is 14.4 Å². The summed E-state index contributed by atoms with van der Waals surface area (Å²) in [6.07, 6.45) is 4.38. The molecule has 1 aliphatic heterocycles. The summed E-state index contributed by atoms with van der Waals surface area (Å²) in [5, 5.41) is 0. The van der Waals surface area contributed by atoms with Crippen LogP contribution in [0, 0.1) is 5.41 Å². The van der Waals surface area contributed by atoms with Crippen molar-refractivity contribution in [3.63, 3.8) is 0 Å². The van der Waals surface area contributed by atoms with Gasteiger partial charge in [-0.05, 0) is 50.8 Å². The van der Waals surface area contributed by atoms with E-state index in [4.69, 9.17) is 5.73 Å². The summed E-state index contributed by atoms with van der Waals surface area (Å²) >= 11 is 0. The van der Waals surface area contributed by atoms with Crippen LogP contribution >= 0.6 is 0 Å². The standard InChI is InChI=1S/C22H32N4O3/c1-24(2)22(17-7-5-4-6-8-17)11-9-21(10-12-22)13-19(28)26(16-21)15-20(29)25(3)14-18(23)27/h4-8H,9-16H2,1-3H3,(H2,23,27)/t21-,22-. The van der Waals surface area contributed by atoms with Gasteiger partial charge in [0.15, 0.2) is 0 Å². The van der Waals surface area contributed by atoms with Gasteiger partial charge < -0.3 is 15.5 Å². The normalized spacial score (nSPS) is 26.9. The molecule has 1 aromatic rings. The lowest BCUT2D eigenvalue weighted by Crippen LogP contribution is -2.47. The maximum atomic E-state index is 12.6. The Labute approximate surface area is 172 Å². The van der Waals surface area contributed by atoms with Crippen molar-refractivity contribution in [2.45, 2.75) is 37.6 Å². The Morgan fingerprint density at radius 2 is 1.69 bits per heavy atom. The molecule has 2 aliphatic rings. The van der Waals surface area contributed by atoms with Gasteiger partial charge in [-0.2, -0.15) is 0 Å². The third-order valence-corrected chi connectivity index (χ3v) is 6.86. The molecule has 158 valence electrons. The monoisotopic (exact) mass is 400 g/mol. The summed E-state index contributed by atoms with van der Waals surface area (Å²) in [7, 11) is 5.80. The Bertz CT molecular complexity index is 770. The van der Waals surface area contributed by atoms with Gasteiger partial charge >= 0.3 is 0 Å². The van der Waals surface area contributed by atoms with Gasteiger partial charge in [0, 0.05) is 25.6 Å². The summed E-state index contributed by atoms with van der Waals surface area (Å²) in [5.41, 5.74) is 6.41. The van der Waals surface area contributed by atoms with Gasteiger partial charge in [-0.15, -0.1) is 0 Å². The molecule has 1 heterocycles. The molecule has 1 aromatic carbocycles. The van der Waals surface area contributed by atoms with E-state index in [2.05, 4.69) is 43.3 Å². The Hall–Kier alpha value is -2.41. The van der Waals surface area contributed by atoms with Crippen LogP contribution in [-0.2, 0) is 19.9 Å². The highest BCUT2D eigenvalue weighted by atomic mass is 16.2. The fraction of sp³-hybridized carbons (Fsp3) is 0.591. The van der Waals surface area contributed by atoms with Crippen molar-refractivity contribution in [1.29, 1.82) is 0 Å². The van der Waals surface area contributed by atoms with Crippen LogP contribution in [0.5, 0.6) is 0 Å². The number of nitrogens with zero attached hydrogens (tertiary/aromatic N) is 3. The average Bonchev–Trinajstić information content (AvgIpc) is 2.97. The zero-order valence-corrected chi connectivity index (χ0v) is 17.7. The summed E-state index contributed by atoms with van der Waals surface area (Å²) < 4.78 is 0. The van der Waals surface area contributed by atoms with Crippen LogP contribution < -0.4 is 5.73 Å². The predicted octanol–water partition coefficient (Wildman–Crippen LogP) is 1.18. The third-order valence-electron chi connectivity index (χ3n) is 6.86. The summed E-state index contributed by atoms with van der Waals surface area (Å²) in [4.78, 5) is 41.3. The van der Waals surface area contributed by atoms with Gasteiger partial charge in [0.1, 0.15) is 0 Å². The highest BCUT2D eigenvalue weighted by Crippen LogP contribution is 2.52. The van der Waals surface area contributed by atoms with E-state index in [1.54, 1.807) is 4.90 Å². The Balaban J connectivity index is 1.67. The molecule has 0 bridgehead atoms. The van der Waals surface area contributed by atoms with E-state index in [1.165, 1.54) is 17.5 Å². The van der Waals surface area contributed by atoms with E-state index >= 15 is 0 Å². The van der Waals surface area contributed by atoms with Crippen molar-refractivity contribution in [3.8, 4) is 0 Å². The number of benzene rings is 1. The van der Waals surface area contributed by atoms with Crippen LogP contribution in [0.25, 0.3) is 0 Å². The number of nitrogens with two attached hydrogens (primary N) is 1. The smallest absolute Gasteiger partial charge is 0.242 e. The average molecular weight is 401 g/mol. The predicted molar refractivity (Wildman–Crippen MR) is 111 cm³/mol. The zero-order valence-electron chi connectivity index (χ0n) is 17.7. The number of likely N-dealkylation sites (N-methyl/N-ethyl adjacent to an activating group) is 1. The van der Waals surface area contributed by atoms with Crippen LogP contribution in [-0.4, -0.2) is 73.2 Å². The van der Waals surface area contributed by atoms with E-state index in [1.807, 2.05) is 6.07 Å². The van der Waals surface area contributed by atoms with Crippen LogP contribution in [0.15, 0.2) is 30.3 Å². The minimum atomic E-state index is -0.557. The molecule has 1 aliphatic carbocycles. The summed E-state index contributed by atoms with van der Waals surface area (Å²) in [6, 6.07) is 10.6. The number of hydrogen-bond donors (Lipinski definition) is 1. The van der Waals surface area contributed by atoms with Crippen LogP contribution in [0.4, 0.5) is 0 Å². The molecule has 29 heavy (non-hydrogen) atoms. The molecule has 0 unspecified atom stereocenters. The van der Waals surface area contributed by atoms with Gasteiger partial charge in [0.2, 0.25) is 17.7 Å². The van der Waals surface area contributed by atoms with Crippen molar-refractivity contribution >= 4 is 17.7 Å².